The first-order valence-corrected chi connectivity index (χ1v) is 14.6. The van der Waals surface area contributed by atoms with E-state index in [0.717, 1.165) is 28.8 Å². The fourth-order valence-electron chi connectivity index (χ4n) is 3.80. The number of nitrogens with one attached hydrogen (secondary N) is 1. The average Bonchev–Trinajstić information content (AvgIpc) is 3.41. The zero-order valence-electron chi connectivity index (χ0n) is 20.7. The number of ether oxygens (including phenoxy) is 1. The summed E-state index contributed by atoms with van der Waals surface area (Å²) in [6, 6.07) is 7.22. The Morgan fingerprint density at radius 3 is 2.68 bits per heavy atom. The number of aliphatic carboxylic acids is 1. The maximum absolute atomic E-state index is 12.5. The zero-order valence-corrected chi connectivity index (χ0v) is 23.8. The van der Waals surface area contributed by atoms with Crippen molar-refractivity contribution in [2.24, 2.45) is 10.9 Å². The molecule has 0 bridgehead atoms. The molecule has 2 aromatic rings. The van der Waals surface area contributed by atoms with E-state index < -0.39 is 11.9 Å². The van der Waals surface area contributed by atoms with Crippen molar-refractivity contribution in [2.75, 3.05) is 37.7 Å². The molecule has 2 N–H and O–H groups in total. The van der Waals surface area contributed by atoms with Crippen LogP contribution >= 0.6 is 46.3 Å². The number of nitrogens with zero attached hydrogens (tertiary/aromatic N) is 3. The Morgan fingerprint density at radius 2 is 2.08 bits per heavy atom. The van der Waals surface area contributed by atoms with Crippen molar-refractivity contribution in [3.63, 3.8) is 0 Å². The quantitative estimate of drug-likeness (QED) is 0.425. The molecular formula is C25H30Cl2N4O4S2. The first kappa shape index (κ1) is 29.4. The molecule has 12 heteroatoms. The van der Waals surface area contributed by atoms with Gasteiger partial charge in [-0.1, -0.05) is 36.2 Å². The average molecular weight is 586 g/mol. The number of carbonyl (C=O) groups is 2. The van der Waals surface area contributed by atoms with Gasteiger partial charge in [-0.15, -0.1) is 11.3 Å². The number of aromatic nitrogens is 1. The second kappa shape index (κ2) is 14.7. The molecule has 0 spiro atoms. The Kier molecular flexibility index (Phi) is 11.7. The summed E-state index contributed by atoms with van der Waals surface area (Å²) in [7, 11) is 0. The van der Waals surface area contributed by atoms with Crippen molar-refractivity contribution in [1.82, 2.24) is 15.2 Å². The van der Waals surface area contributed by atoms with Gasteiger partial charge in [-0.05, 0) is 31.5 Å². The number of thiazole rings is 1. The van der Waals surface area contributed by atoms with Crippen LogP contribution < -0.4 is 5.32 Å². The molecule has 0 aliphatic carbocycles. The van der Waals surface area contributed by atoms with E-state index in [-0.39, 0.29) is 18.6 Å². The number of benzene rings is 1. The molecule has 1 aromatic heterocycles. The highest BCUT2D eigenvalue weighted by Crippen LogP contribution is 2.25. The Labute approximate surface area is 235 Å². The molecule has 1 saturated heterocycles. The van der Waals surface area contributed by atoms with Gasteiger partial charge in [-0.2, -0.15) is 11.8 Å². The van der Waals surface area contributed by atoms with Crippen molar-refractivity contribution in [3.8, 4) is 0 Å². The van der Waals surface area contributed by atoms with Crippen LogP contribution in [-0.4, -0.2) is 76.6 Å². The topological polar surface area (TPSA) is 104 Å². The van der Waals surface area contributed by atoms with Gasteiger partial charge in [0, 0.05) is 58.0 Å². The number of aliphatic imine (C=N–C) groups is 1. The molecule has 0 saturated carbocycles. The number of esters is 1. The zero-order chi connectivity index (χ0) is 26.8. The molecule has 2 atom stereocenters. The van der Waals surface area contributed by atoms with Crippen molar-refractivity contribution in [3.05, 3.63) is 62.2 Å². The molecule has 8 nitrogen and oxygen atoms in total. The highest BCUT2D eigenvalue weighted by Gasteiger charge is 2.30. The predicted molar refractivity (Wildman–Crippen MR) is 151 cm³/mol. The van der Waals surface area contributed by atoms with Crippen LogP contribution in [0.1, 0.15) is 25.3 Å². The maximum atomic E-state index is 12.5. The molecule has 2 aliphatic heterocycles. The monoisotopic (exact) mass is 584 g/mol. The SMILES string of the molecule is CCOC(=O)C1=C(CN2CCSCC2CC(C)C(=O)O)NC(c2nccs2)=NC1.Clc1cccc(Cl)c1. The number of rotatable bonds is 8. The van der Waals surface area contributed by atoms with E-state index in [2.05, 4.69) is 20.2 Å². The van der Waals surface area contributed by atoms with Gasteiger partial charge in [0.1, 0.15) is 0 Å². The summed E-state index contributed by atoms with van der Waals surface area (Å²) in [5.41, 5.74) is 1.29. The number of hydrogen-bond acceptors (Lipinski definition) is 9. The third-order valence-corrected chi connectivity index (χ3v) is 8.07. The van der Waals surface area contributed by atoms with Crippen LogP contribution in [0.2, 0.25) is 10.0 Å². The molecule has 2 unspecified atom stereocenters. The fourth-order valence-corrected chi connectivity index (χ4v) is 5.99. The van der Waals surface area contributed by atoms with Gasteiger partial charge in [-0.3, -0.25) is 14.7 Å². The third kappa shape index (κ3) is 9.00. The minimum absolute atomic E-state index is 0.139. The molecule has 37 heavy (non-hydrogen) atoms. The summed E-state index contributed by atoms with van der Waals surface area (Å²) in [6.45, 7) is 5.44. The second-order valence-corrected chi connectivity index (χ2v) is 11.3. The summed E-state index contributed by atoms with van der Waals surface area (Å²) in [6.07, 6.45) is 2.30. The molecule has 1 fully saturated rings. The van der Waals surface area contributed by atoms with Crippen LogP contribution in [0.25, 0.3) is 0 Å². The van der Waals surface area contributed by atoms with Crippen molar-refractivity contribution in [1.29, 1.82) is 0 Å². The number of carboxylic acids is 1. The number of amidine groups is 1. The van der Waals surface area contributed by atoms with E-state index >= 15 is 0 Å². The normalized spacial score (nSPS) is 18.7. The van der Waals surface area contributed by atoms with Crippen LogP contribution in [0.3, 0.4) is 0 Å². The largest absolute Gasteiger partial charge is 0.481 e. The summed E-state index contributed by atoms with van der Waals surface area (Å²) >= 11 is 14.4. The second-order valence-electron chi connectivity index (χ2n) is 8.42. The fraction of sp³-hybridized carbons (Fsp3) is 0.440. The maximum Gasteiger partial charge on any atom is 0.337 e. The highest BCUT2D eigenvalue weighted by atomic mass is 35.5. The smallest absolute Gasteiger partial charge is 0.337 e. The number of hydrogen-bond donors (Lipinski definition) is 2. The number of carboxylic acid groups (broad SMARTS) is 1. The minimum atomic E-state index is -0.777. The molecule has 3 heterocycles. The van der Waals surface area contributed by atoms with Crippen molar-refractivity contribution < 1.29 is 19.4 Å². The number of thioether (sulfide) groups is 1. The lowest BCUT2D eigenvalue weighted by Crippen LogP contribution is -2.47. The summed E-state index contributed by atoms with van der Waals surface area (Å²) in [5.74, 6) is 0.969. The van der Waals surface area contributed by atoms with E-state index in [0.29, 0.717) is 41.0 Å². The molecular weight excluding hydrogens is 555 g/mol. The summed E-state index contributed by atoms with van der Waals surface area (Å²) < 4.78 is 5.23. The van der Waals surface area contributed by atoms with Crippen LogP contribution in [-0.2, 0) is 14.3 Å². The van der Waals surface area contributed by atoms with Crippen LogP contribution in [0.4, 0.5) is 0 Å². The Morgan fingerprint density at radius 1 is 1.32 bits per heavy atom. The predicted octanol–water partition coefficient (Wildman–Crippen LogP) is 4.83. The molecule has 200 valence electrons. The first-order valence-electron chi connectivity index (χ1n) is 11.8. The summed E-state index contributed by atoms with van der Waals surface area (Å²) in [5, 5.41) is 16.6. The standard InChI is InChI=1S/C19H26N4O4S2.C6H4Cl2/c1-3-27-19(26)14-9-21-16(17-20-4-6-29-17)22-15(14)10-23-5-7-28-11-13(23)8-12(2)18(24)25;7-5-2-1-3-6(8)4-5/h4,6,12-13H,3,5,7-11H2,1-2H3,(H,21,22)(H,24,25);1-4H. The summed E-state index contributed by atoms with van der Waals surface area (Å²) in [4.78, 5) is 34.9. The van der Waals surface area contributed by atoms with Gasteiger partial charge in [0.05, 0.1) is 24.6 Å². The highest BCUT2D eigenvalue weighted by molar-refractivity contribution is 7.99. The Hall–Kier alpha value is -2.11. The van der Waals surface area contributed by atoms with Gasteiger partial charge in [0.15, 0.2) is 10.8 Å². The van der Waals surface area contributed by atoms with Crippen LogP contribution in [0.15, 0.2) is 52.1 Å². The minimum Gasteiger partial charge on any atom is -0.481 e. The van der Waals surface area contributed by atoms with E-state index in [4.69, 9.17) is 27.9 Å². The van der Waals surface area contributed by atoms with Gasteiger partial charge in [0.2, 0.25) is 0 Å². The van der Waals surface area contributed by atoms with Gasteiger partial charge in [0.25, 0.3) is 0 Å². The first-order chi connectivity index (χ1) is 17.8. The number of halogens is 2. The lowest BCUT2D eigenvalue weighted by atomic mass is 10.0. The van der Waals surface area contributed by atoms with Crippen LogP contribution in [0, 0.1) is 5.92 Å². The third-order valence-electron chi connectivity index (χ3n) is 5.73. The van der Waals surface area contributed by atoms with Crippen LogP contribution in [0.5, 0.6) is 0 Å². The van der Waals surface area contributed by atoms with E-state index in [1.165, 1.54) is 11.3 Å². The van der Waals surface area contributed by atoms with Gasteiger partial charge in [-0.25, -0.2) is 9.78 Å². The Bertz CT molecular complexity index is 1110. The molecule has 1 aromatic carbocycles. The molecule has 2 aliphatic rings. The van der Waals surface area contributed by atoms with E-state index in [9.17, 15) is 14.7 Å². The number of carbonyl (C=O) groups excluding carboxylic acids is 1. The van der Waals surface area contributed by atoms with E-state index in [1.807, 2.05) is 23.2 Å². The lowest BCUT2D eigenvalue weighted by Gasteiger charge is -2.37. The van der Waals surface area contributed by atoms with E-state index in [1.54, 1.807) is 38.2 Å². The molecule has 4 rings (SSSR count). The molecule has 0 amide bonds. The van der Waals surface area contributed by atoms with Gasteiger partial charge >= 0.3 is 11.9 Å². The van der Waals surface area contributed by atoms with Crippen molar-refractivity contribution in [2.45, 2.75) is 26.3 Å². The van der Waals surface area contributed by atoms with Crippen molar-refractivity contribution >= 4 is 64.1 Å². The lowest BCUT2D eigenvalue weighted by molar-refractivity contribution is -0.141. The Balaban J connectivity index is 0.000000405. The molecule has 0 radical (unpaired) electrons. The van der Waals surface area contributed by atoms with Gasteiger partial charge < -0.3 is 15.2 Å².